The lowest BCUT2D eigenvalue weighted by Crippen LogP contribution is -2.15. The van der Waals surface area contributed by atoms with Gasteiger partial charge in [0.1, 0.15) is 5.75 Å². The van der Waals surface area contributed by atoms with Crippen molar-refractivity contribution < 1.29 is 27.5 Å². The van der Waals surface area contributed by atoms with Crippen LogP contribution in [0.4, 0.5) is 11.4 Å². The van der Waals surface area contributed by atoms with Crippen LogP contribution in [0.5, 0.6) is 5.75 Å². The quantitative estimate of drug-likeness (QED) is 0.746. The fourth-order valence-electron chi connectivity index (χ4n) is 2.18. The number of hydrogen-bond donors (Lipinski definition) is 2. The number of anilines is 2. The number of carbonyl (C=O) groups is 2. The van der Waals surface area contributed by atoms with Gasteiger partial charge in [0.05, 0.1) is 30.4 Å². The predicted molar refractivity (Wildman–Crippen MR) is 95.9 cm³/mol. The summed E-state index contributed by atoms with van der Waals surface area (Å²) in [6.45, 7) is 1.30. The number of carbonyl (C=O) groups excluding carboxylic acids is 2. The summed E-state index contributed by atoms with van der Waals surface area (Å²) in [6, 6.07) is 9.96. The van der Waals surface area contributed by atoms with E-state index in [0.717, 1.165) is 0 Å². The van der Waals surface area contributed by atoms with Crippen LogP contribution in [0, 0.1) is 0 Å². The highest BCUT2D eigenvalue weighted by atomic mass is 32.2. The third-order valence-electron chi connectivity index (χ3n) is 3.33. The first-order chi connectivity index (χ1) is 12.3. The number of amides is 1. The first-order valence-corrected chi connectivity index (χ1v) is 8.92. The largest absolute Gasteiger partial charge is 0.495 e. The van der Waals surface area contributed by atoms with Gasteiger partial charge in [0, 0.05) is 12.6 Å². The molecular formula is C17H18N2O6S. The normalized spacial score (nSPS) is 10.7. The lowest BCUT2D eigenvalue weighted by atomic mass is 10.2. The minimum absolute atomic E-state index is 0.0782. The Morgan fingerprint density at radius 3 is 2.38 bits per heavy atom. The molecule has 0 saturated carbocycles. The van der Waals surface area contributed by atoms with Crippen LogP contribution in [0.15, 0.2) is 47.4 Å². The van der Waals surface area contributed by atoms with Crippen molar-refractivity contribution in [3.63, 3.8) is 0 Å². The Bertz CT molecular complexity index is 940. The van der Waals surface area contributed by atoms with Crippen molar-refractivity contribution >= 4 is 33.3 Å². The summed E-state index contributed by atoms with van der Waals surface area (Å²) in [5.74, 6) is -0.619. The lowest BCUT2D eigenvalue weighted by molar-refractivity contribution is -0.114. The van der Waals surface area contributed by atoms with Gasteiger partial charge in [-0.15, -0.1) is 0 Å². The molecule has 0 radical (unpaired) electrons. The highest BCUT2D eigenvalue weighted by Gasteiger charge is 2.18. The number of methoxy groups -OCH3 is 2. The van der Waals surface area contributed by atoms with Gasteiger partial charge in [0.15, 0.2) is 0 Å². The molecule has 0 heterocycles. The number of esters is 1. The molecule has 0 aliphatic carbocycles. The van der Waals surface area contributed by atoms with E-state index >= 15 is 0 Å². The number of rotatable bonds is 6. The molecule has 2 N–H and O–H groups in total. The molecule has 0 fully saturated rings. The maximum Gasteiger partial charge on any atom is 0.337 e. The fraction of sp³-hybridized carbons (Fsp3) is 0.176. The minimum atomic E-state index is -3.95. The molecule has 8 nitrogen and oxygen atoms in total. The standard InChI is InChI=1S/C17H18N2O6S/c1-11(20)18-15-10-14(7-8-16(15)24-2)26(22,23)19-13-6-4-5-12(9-13)17(21)25-3/h4-10,19H,1-3H3,(H,18,20). The monoisotopic (exact) mass is 378 g/mol. The molecule has 0 aliphatic rings. The summed E-state index contributed by atoms with van der Waals surface area (Å²) in [5, 5.41) is 2.51. The van der Waals surface area contributed by atoms with Crippen molar-refractivity contribution in [1.82, 2.24) is 0 Å². The van der Waals surface area contributed by atoms with Crippen molar-refractivity contribution in [3.05, 3.63) is 48.0 Å². The minimum Gasteiger partial charge on any atom is -0.495 e. The molecular weight excluding hydrogens is 360 g/mol. The molecule has 0 aliphatic heterocycles. The number of sulfonamides is 1. The average Bonchev–Trinajstić information content (AvgIpc) is 2.60. The summed E-state index contributed by atoms with van der Waals surface area (Å²) < 4.78 is 37.3. The van der Waals surface area contributed by atoms with Crippen molar-refractivity contribution in [2.45, 2.75) is 11.8 Å². The zero-order valence-electron chi connectivity index (χ0n) is 14.4. The first kappa shape index (κ1) is 19.3. The number of benzene rings is 2. The van der Waals surface area contributed by atoms with Crippen LogP contribution < -0.4 is 14.8 Å². The highest BCUT2D eigenvalue weighted by molar-refractivity contribution is 7.92. The van der Waals surface area contributed by atoms with Gasteiger partial charge in [0.2, 0.25) is 5.91 Å². The van der Waals surface area contributed by atoms with E-state index in [1.165, 1.54) is 63.6 Å². The van der Waals surface area contributed by atoms with E-state index in [4.69, 9.17) is 4.74 Å². The Balaban J connectivity index is 2.36. The smallest absolute Gasteiger partial charge is 0.337 e. The second-order valence-corrected chi connectivity index (χ2v) is 6.90. The van der Waals surface area contributed by atoms with Gasteiger partial charge in [-0.05, 0) is 36.4 Å². The molecule has 0 aromatic heterocycles. The van der Waals surface area contributed by atoms with Gasteiger partial charge in [-0.25, -0.2) is 13.2 Å². The van der Waals surface area contributed by atoms with Crippen LogP contribution >= 0.6 is 0 Å². The maximum absolute atomic E-state index is 12.6. The third kappa shape index (κ3) is 4.51. The van der Waals surface area contributed by atoms with Crippen molar-refractivity contribution in [2.75, 3.05) is 24.3 Å². The van der Waals surface area contributed by atoms with Gasteiger partial charge in [-0.1, -0.05) is 6.07 Å². The van der Waals surface area contributed by atoms with Gasteiger partial charge in [-0.3, -0.25) is 9.52 Å². The summed E-state index contributed by atoms with van der Waals surface area (Å²) in [6.07, 6.45) is 0. The molecule has 1 amide bonds. The van der Waals surface area contributed by atoms with Crippen LogP contribution in [-0.4, -0.2) is 34.5 Å². The summed E-state index contributed by atoms with van der Waals surface area (Å²) >= 11 is 0. The van der Waals surface area contributed by atoms with E-state index in [9.17, 15) is 18.0 Å². The highest BCUT2D eigenvalue weighted by Crippen LogP contribution is 2.28. The van der Waals surface area contributed by atoms with Crippen LogP contribution in [0.2, 0.25) is 0 Å². The second kappa shape index (κ2) is 7.87. The Labute approximate surface area is 151 Å². The van der Waals surface area contributed by atoms with Crippen molar-refractivity contribution in [3.8, 4) is 5.75 Å². The van der Waals surface area contributed by atoms with Crippen molar-refractivity contribution in [1.29, 1.82) is 0 Å². The molecule has 2 aromatic rings. The topological polar surface area (TPSA) is 111 Å². The van der Waals surface area contributed by atoms with Crippen LogP contribution in [0.1, 0.15) is 17.3 Å². The Morgan fingerprint density at radius 1 is 1.04 bits per heavy atom. The van der Waals surface area contributed by atoms with Crippen LogP contribution in [0.25, 0.3) is 0 Å². The van der Waals surface area contributed by atoms with Gasteiger partial charge < -0.3 is 14.8 Å². The number of ether oxygens (including phenoxy) is 2. The van der Waals surface area contributed by atoms with E-state index in [1.54, 1.807) is 0 Å². The zero-order valence-corrected chi connectivity index (χ0v) is 15.2. The summed E-state index contributed by atoms with van der Waals surface area (Å²) in [4.78, 5) is 22.8. The zero-order chi connectivity index (χ0) is 19.3. The molecule has 2 aromatic carbocycles. The van der Waals surface area contributed by atoms with Crippen LogP contribution in [-0.2, 0) is 19.6 Å². The molecule has 0 saturated heterocycles. The van der Waals surface area contributed by atoms with E-state index in [0.29, 0.717) is 5.75 Å². The fourth-order valence-corrected chi connectivity index (χ4v) is 3.26. The molecule has 0 unspecified atom stereocenters. The Kier molecular flexibility index (Phi) is 5.83. The first-order valence-electron chi connectivity index (χ1n) is 7.43. The summed E-state index contributed by atoms with van der Waals surface area (Å²) in [7, 11) is -1.31. The van der Waals surface area contributed by atoms with Gasteiger partial charge >= 0.3 is 5.97 Å². The average molecular weight is 378 g/mol. The SMILES string of the molecule is COC(=O)c1cccc(NS(=O)(=O)c2ccc(OC)c(NC(C)=O)c2)c1. The molecule has 26 heavy (non-hydrogen) atoms. The van der Waals surface area contributed by atoms with E-state index < -0.39 is 16.0 Å². The van der Waals surface area contributed by atoms with E-state index in [2.05, 4.69) is 14.8 Å². The molecule has 0 spiro atoms. The number of nitrogens with one attached hydrogen (secondary N) is 2. The third-order valence-corrected chi connectivity index (χ3v) is 4.71. The predicted octanol–water partition coefficient (Wildman–Crippen LogP) is 2.24. The molecule has 2 rings (SSSR count). The molecule has 138 valence electrons. The number of hydrogen-bond acceptors (Lipinski definition) is 6. The summed E-state index contributed by atoms with van der Waals surface area (Å²) in [5.41, 5.74) is 0.636. The van der Waals surface area contributed by atoms with Gasteiger partial charge in [-0.2, -0.15) is 0 Å². The van der Waals surface area contributed by atoms with Gasteiger partial charge in [0.25, 0.3) is 10.0 Å². The second-order valence-electron chi connectivity index (χ2n) is 5.22. The van der Waals surface area contributed by atoms with Crippen molar-refractivity contribution in [2.24, 2.45) is 0 Å². The molecule has 0 atom stereocenters. The molecule has 0 bridgehead atoms. The van der Waals surface area contributed by atoms with E-state index in [-0.39, 0.29) is 27.7 Å². The molecule has 9 heteroatoms. The van der Waals surface area contributed by atoms with Crippen LogP contribution in [0.3, 0.4) is 0 Å². The lowest BCUT2D eigenvalue weighted by Gasteiger charge is -2.13. The Morgan fingerprint density at radius 2 is 1.77 bits per heavy atom. The van der Waals surface area contributed by atoms with E-state index in [1.807, 2.05) is 0 Å². The Hall–Kier alpha value is -3.07. The maximum atomic E-state index is 12.6.